The molecular formula is C14H22N2O3S2. The number of hydrogen-bond donors (Lipinski definition) is 1. The van der Waals surface area contributed by atoms with E-state index in [4.69, 9.17) is 15.2 Å². The van der Waals surface area contributed by atoms with Gasteiger partial charge in [0.05, 0.1) is 23.3 Å². The van der Waals surface area contributed by atoms with Gasteiger partial charge in [0.1, 0.15) is 9.88 Å². The summed E-state index contributed by atoms with van der Waals surface area (Å²) in [5.41, 5.74) is 6.69. The first-order valence-electron chi connectivity index (χ1n) is 7.03. The van der Waals surface area contributed by atoms with E-state index in [0.29, 0.717) is 17.2 Å². The molecule has 2 heterocycles. The van der Waals surface area contributed by atoms with E-state index in [9.17, 15) is 4.79 Å². The predicted molar refractivity (Wildman–Crippen MR) is 88.7 cm³/mol. The molecule has 1 unspecified atom stereocenters. The van der Waals surface area contributed by atoms with Crippen LogP contribution in [0.3, 0.4) is 0 Å². The molecule has 0 radical (unpaired) electrons. The maximum absolute atomic E-state index is 12.0. The quantitative estimate of drug-likeness (QED) is 0.661. The summed E-state index contributed by atoms with van der Waals surface area (Å²) in [6.07, 6.45) is 4.38. The Kier molecular flexibility index (Phi) is 5.78. The molecule has 0 spiro atoms. The van der Waals surface area contributed by atoms with Crippen LogP contribution in [0.5, 0.6) is 0 Å². The molecule has 21 heavy (non-hydrogen) atoms. The van der Waals surface area contributed by atoms with Crippen molar-refractivity contribution in [1.29, 1.82) is 0 Å². The van der Waals surface area contributed by atoms with Gasteiger partial charge in [-0.1, -0.05) is 0 Å². The van der Waals surface area contributed by atoms with Crippen LogP contribution >= 0.6 is 23.1 Å². The molecule has 1 aliphatic rings. The Morgan fingerprint density at radius 1 is 1.57 bits per heavy atom. The minimum absolute atomic E-state index is 0.239. The molecule has 5 nitrogen and oxygen atoms in total. The van der Waals surface area contributed by atoms with E-state index in [-0.39, 0.29) is 12.1 Å². The third-order valence-corrected chi connectivity index (χ3v) is 5.74. The number of carbonyl (C=O) groups excluding carboxylic acids is 1. The molecule has 118 valence electrons. The van der Waals surface area contributed by atoms with Gasteiger partial charge >= 0.3 is 5.97 Å². The second-order valence-corrected chi connectivity index (χ2v) is 6.67. The van der Waals surface area contributed by atoms with Crippen LogP contribution in [-0.2, 0) is 9.47 Å². The number of nitrogens with two attached hydrogens (primary N) is 1. The molecule has 1 saturated heterocycles. The summed E-state index contributed by atoms with van der Waals surface area (Å²) >= 11 is 3.00. The number of nitrogens with zero attached hydrogens (tertiary/aromatic N) is 1. The van der Waals surface area contributed by atoms with E-state index >= 15 is 0 Å². The largest absolute Gasteiger partial charge is 0.462 e. The van der Waals surface area contributed by atoms with Gasteiger partial charge in [0.2, 0.25) is 0 Å². The molecule has 7 heteroatoms. The fourth-order valence-corrected chi connectivity index (χ4v) is 4.60. The Labute approximate surface area is 133 Å². The molecule has 1 fully saturated rings. The summed E-state index contributed by atoms with van der Waals surface area (Å²) in [6.45, 7) is 3.96. The van der Waals surface area contributed by atoms with Crippen molar-refractivity contribution in [3.05, 3.63) is 4.88 Å². The number of methoxy groups -OCH3 is 1. The van der Waals surface area contributed by atoms with E-state index in [1.54, 1.807) is 25.8 Å². The topological polar surface area (TPSA) is 64.8 Å². The van der Waals surface area contributed by atoms with Gasteiger partial charge in [0, 0.05) is 20.2 Å². The number of esters is 1. The average molecular weight is 330 g/mol. The summed E-state index contributed by atoms with van der Waals surface area (Å²) in [7, 11) is 1.75. The number of thiophene rings is 1. The highest BCUT2D eigenvalue weighted by Crippen LogP contribution is 2.44. The van der Waals surface area contributed by atoms with Gasteiger partial charge in [0.15, 0.2) is 0 Å². The average Bonchev–Trinajstić information content (AvgIpc) is 2.84. The summed E-state index contributed by atoms with van der Waals surface area (Å²) in [5.74, 6) is -0.332. The second kappa shape index (κ2) is 7.38. The van der Waals surface area contributed by atoms with Crippen molar-refractivity contribution in [3.8, 4) is 0 Å². The Balaban J connectivity index is 2.30. The third-order valence-electron chi connectivity index (χ3n) is 3.55. The van der Waals surface area contributed by atoms with E-state index < -0.39 is 0 Å². The highest BCUT2D eigenvalue weighted by molar-refractivity contribution is 7.99. The highest BCUT2D eigenvalue weighted by Gasteiger charge is 2.28. The van der Waals surface area contributed by atoms with E-state index in [0.717, 1.165) is 35.8 Å². The zero-order valence-corrected chi connectivity index (χ0v) is 14.3. The van der Waals surface area contributed by atoms with Gasteiger partial charge in [-0.25, -0.2) is 4.79 Å². The number of thioether (sulfide) groups is 1. The lowest BCUT2D eigenvalue weighted by molar-refractivity contribution is 0.0533. The highest BCUT2D eigenvalue weighted by atomic mass is 32.2. The van der Waals surface area contributed by atoms with Crippen molar-refractivity contribution in [3.63, 3.8) is 0 Å². The zero-order chi connectivity index (χ0) is 15.4. The first-order valence-corrected chi connectivity index (χ1v) is 9.07. The fourth-order valence-electron chi connectivity index (χ4n) is 2.49. The molecule has 2 rings (SSSR count). The van der Waals surface area contributed by atoms with Crippen molar-refractivity contribution in [2.45, 2.75) is 30.8 Å². The lowest BCUT2D eigenvalue weighted by Gasteiger charge is -2.33. The number of rotatable bonds is 5. The van der Waals surface area contributed by atoms with Crippen LogP contribution < -0.4 is 10.6 Å². The predicted octanol–water partition coefficient (Wildman–Crippen LogP) is 2.84. The van der Waals surface area contributed by atoms with Gasteiger partial charge in [-0.15, -0.1) is 23.1 Å². The van der Waals surface area contributed by atoms with Crippen LogP contribution in [0.25, 0.3) is 0 Å². The first kappa shape index (κ1) is 16.5. The van der Waals surface area contributed by atoms with Crippen LogP contribution in [-0.4, -0.2) is 45.1 Å². The Bertz CT molecular complexity index is 505. The van der Waals surface area contributed by atoms with Crippen LogP contribution in [0, 0.1) is 0 Å². The van der Waals surface area contributed by atoms with Crippen LogP contribution in [0.2, 0.25) is 0 Å². The summed E-state index contributed by atoms with van der Waals surface area (Å²) in [6, 6.07) is 0. The fraction of sp³-hybridized carbons (Fsp3) is 0.643. The third kappa shape index (κ3) is 3.46. The maximum atomic E-state index is 12.0. The van der Waals surface area contributed by atoms with Gasteiger partial charge in [0.25, 0.3) is 0 Å². The normalized spacial score (nSPS) is 18.8. The van der Waals surface area contributed by atoms with Crippen molar-refractivity contribution >= 4 is 39.8 Å². The van der Waals surface area contributed by atoms with Crippen molar-refractivity contribution in [2.24, 2.45) is 0 Å². The number of ether oxygens (including phenoxy) is 2. The summed E-state index contributed by atoms with van der Waals surface area (Å²) in [4.78, 5) is 15.8. The molecule has 1 aromatic heterocycles. The smallest absolute Gasteiger partial charge is 0.350 e. The summed E-state index contributed by atoms with van der Waals surface area (Å²) in [5, 5.41) is 1.06. The van der Waals surface area contributed by atoms with Gasteiger partial charge in [-0.2, -0.15) is 0 Å². The van der Waals surface area contributed by atoms with Crippen molar-refractivity contribution in [2.75, 3.05) is 43.7 Å². The molecule has 2 N–H and O–H groups in total. The van der Waals surface area contributed by atoms with E-state index in [1.165, 1.54) is 11.3 Å². The van der Waals surface area contributed by atoms with Crippen LogP contribution in [0.4, 0.5) is 10.7 Å². The lowest BCUT2D eigenvalue weighted by Crippen LogP contribution is -2.39. The molecule has 0 amide bonds. The summed E-state index contributed by atoms with van der Waals surface area (Å²) < 4.78 is 10.6. The molecule has 1 aromatic rings. The molecule has 0 bridgehead atoms. The van der Waals surface area contributed by atoms with Gasteiger partial charge < -0.3 is 20.1 Å². The molecule has 1 aliphatic heterocycles. The molecule has 0 aliphatic carbocycles. The minimum Gasteiger partial charge on any atom is -0.462 e. The first-order chi connectivity index (χ1) is 10.1. The second-order valence-electron chi connectivity index (χ2n) is 4.85. The molecule has 0 aromatic carbocycles. The van der Waals surface area contributed by atoms with Gasteiger partial charge in [-0.3, -0.25) is 0 Å². The van der Waals surface area contributed by atoms with Crippen molar-refractivity contribution < 1.29 is 14.3 Å². The monoisotopic (exact) mass is 330 g/mol. The van der Waals surface area contributed by atoms with Crippen LogP contribution in [0.1, 0.15) is 29.4 Å². The number of piperidine rings is 1. The standard InChI is InChI=1S/C14H22N2O3S2/c1-4-19-14(17)12-10(15)11(20-3)13(21-12)16-7-5-6-9(8-16)18-2/h9H,4-8,15H2,1-3H3. The molecule has 1 atom stereocenters. The molecular weight excluding hydrogens is 308 g/mol. The number of anilines is 2. The van der Waals surface area contributed by atoms with Crippen molar-refractivity contribution in [1.82, 2.24) is 0 Å². The number of nitrogen functional groups attached to an aromatic ring is 1. The number of carbonyl (C=O) groups is 1. The Morgan fingerprint density at radius 3 is 2.95 bits per heavy atom. The van der Waals surface area contributed by atoms with E-state index in [1.807, 2.05) is 6.26 Å². The minimum atomic E-state index is -0.332. The van der Waals surface area contributed by atoms with Crippen LogP contribution in [0.15, 0.2) is 4.90 Å². The van der Waals surface area contributed by atoms with Gasteiger partial charge in [-0.05, 0) is 26.0 Å². The number of hydrogen-bond acceptors (Lipinski definition) is 7. The SMILES string of the molecule is CCOC(=O)c1sc(N2CCCC(OC)C2)c(SC)c1N. The molecule has 0 saturated carbocycles. The Morgan fingerprint density at radius 2 is 2.33 bits per heavy atom. The zero-order valence-electron chi connectivity index (χ0n) is 12.7. The Hall–Kier alpha value is -0.920. The van der Waals surface area contributed by atoms with E-state index in [2.05, 4.69) is 4.90 Å². The maximum Gasteiger partial charge on any atom is 0.350 e. The lowest BCUT2D eigenvalue weighted by atomic mass is 10.1.